The van der Waals surface area contributed by atoms with Crippen LogP contribution >= 0.6 is 11.6 Å². The molecule has 2 rings (SSSR count). The van der Waals surface area contributed by atoms with Crippen LogP contribution in [-0.2, 0) is 11.2 Å². The highest BCUT2D eigenvalue weighted by Gasteiger charge is 2.22. The zero-order valence-corrected chi connectivity index (χ0v) is 11.1. The summed E-state index contributed by atoms with van der Waals surface area (Å²) in [6, 6.07) is 9.12. The minimum absolute atomic E-state index is 0.00458. The van der Waals surface area contributed by atoms with Gasteiger partial charge in [-0.25, -0.2) is 8.78 Å². The molecule has 0 aliphatic heterocycles. The fraction of sp³-hybridized carbons (Fsp3) is 0.133. The smallest absolute Gasteiger partial charge is 0.311 e. The van der Waals surface area contributed by atoms with Crippen molar-refractivity contribution in [2.24, 2.45) is 0 Å². The first kappa shape index (κ1) is 14.5. The summed E-state index contributed by atoms with van der Waals surface area (Å²) in [4.78, 5) is 11.4. The first-order valence-electron chi connectivity index (χ1n) is 5.89. The van der Waals surface area contributed by atoms with Crippen LogP contribution in [0.3, 0.4) is 0 Å². The highest BCUT2D eigenvalue weighted by Crippen LogP contribution is 2.26. The Bertz CT molecular complexity index is 644. The van der Waals surface area contributed by atoms with Crippen LogP contribution in [0.1, 0.15) is 17.0 Å². The van der Waals surface area contributed by atoms with Gasteiger partial charge in [0.25, 0.3) is 0 Å². The molecule has 5 heteroatoms. The number of carboxylic acids is 1. The van der Waals surface area contributed by atoms with E-state index in [0.717, 1.165) is 6.07 Å². The maximum absolute atomic E-state index is 13.2. The summed E-state index contributed by atoms with van der Waals surface area (Å²) in [5, 5.41) is 9.57. The van der Waals surface area contributed by atoms with Gasteiger partial charge in [-0.05, 0) is 47.9 Å². The van der Waals surface area contributed by atoms with Crippen molar-refractivity contribution in [2.45, 2.75) is 12.3 Å². The molecule has 1 N–H and O–H groups in total. The fourth-order valence-corrected chi connectivity index (χ4v) is 2.19. The summed E-state index contributed by atoms with van der Waals surface area (Å²) in [6.45, 7) is 0. The Morgan fingerprint density at radius 1 is 1.15 bits per heavy atom. The Labute approximate surface area is 119 Å². The van der Waals surface area contributed by atoms with Crippen molar-refractivity contribution >= 4 is 17.6 Å². The van der Waals surface area contributed by atoms with Crippen molar-refractivity contribution in [1.29, 1.82) is 0 Å². The monoisotopic (exact) mass is 296 g/mol. The van der Waals surface area contributed by atoms with E-state index >= 15 is 0 Å². The summed E-state index contributed by atoms with van der Waals surface area (Å²) in [5.74, 6) is -3.10. The molecule has 0 aliphatic rings. The Morgan fingerprint density at radius 3 is 2.50 bits per heavy atom. The average Bonchev–Trinajstić information content (AvgIpc) is 2.39. The highest BCUT2D eigenvalue weighted by atomic mass is 35.5. The van der Waals surface area contributed by atoms with Gasteiger partial charge in [-0.1, -0.05) is 23.7 Å². The summed E-state index contributed by atoms with van der Waals surface area (Å²) in [5.41, 5.74) is 0.696. The molecule has 0 bridgehead atoms. The molecule has 0 aliphatic carbocycles. The summed E-state index contributed by atoms with van der Waals surface area (Å²) < 4.78 is 26.4. The molecule has 2 aromatic rings. The standard InChI is InChI=1S/C15H11ClF2O2/c16-14-5-4-12(18)7-10(14)8-13(15(19)20)9-2-1-3-11(17)6-9/h1-7,13H,8H2,(H,19,20). The van der Waals surface area contributed by atoms with Crippen LogP contribution in [0.15, 0.2) is 42.5 Å². The Kier molecular flexibility index (Phi) is 4.35. The number of hydrogen-bond donors (Lipinski definition) is 1. The highest BCUT2D eigenvalue weighted by molar-refractivity contribution is 6.31. The normalized spacial score (nSPS) is 12.2. The van der Waals surface area contributed by atoms with E-state index in [-0.39, 0.29) is 11.4 Å². The number of hydrogen-bond acceptors (Lipinski definition) is 1. The minimum Gasteiger partial charge on any atom is -0.481 e. The molecule has 0 fully saturated rings. The molecule has 0 saturated carbocycles. The summed E-state index contributed by atoms with van der Waals surface area (Å²) in [7, 11) is 0. The lowest BCUT2D eigenvalue weighted by molar-refractivity contribution is -0.138. The average molecular weight is 297 g/mol. The summed E-state index contributed by atoms with van der Waals surface area (Å²) >= 11 is 5.93. The molecule has 20 heavy (non-hydrogen) atoms. The molecule has 0 radical (unpaired) electrons. The van der Waals surface area contributed by atoms with Gasteiger partial charge < -0.3 is 5.11 Å². The second-order valence-electron chi connectivity index (χ2n) is 4.39. The number of aliphatic carboxylic acids is 1. The van der Waals surface area contributed by atoms with Gasteiger partial charge in [0.2, 0.25) is 0 Å². The zero-order valence-electron chi connectivity index (χ0n) is 10.3. The van der Waals surface area contributed by atoms with Gasteiger partial charge >= 0.3 is 5.97 Å². The van der Waals surface area contributed by atoms with Crippen LogP contribution in [0.25, 0.3) is 0 Å². The lowest BCUT2D eigenvalue weighted by atomic mass is 9.92. The van der Waals surface area contributed by atoms with Crippen molar-refractivity contribution in [2.75, 3.05) is 0 Å². The van der Waals surface area contributed by atoms with Crippen molar-refractivity contribution in [3.63, 3.8) is 0 Å². The van der Waals surface area contributed by atoms with Gasteiger partial charge in [0.1, 0.15) is 11.6 Å². The lowest BCUT2D eigenvalue weighted by Gasteiger charge is -2.14. The molecule has 1 unspecified atom stereocenters. The van der Waals surface area contributed by atoms with Crippen molar-refractivity contribution in [1.82, 2.24) is 0 Å². The Morgan fingerprint density at radius 2 is 1.85 bits per heavy atom. The molecule has 1 atom stereocenters. The van der Waals surface area contributed by atoms with Crippen LogP contribution in [0, 0.1) is 11.6 Å². The van der Waals surface area contributed by atoms with E-state index in [0.29, 0.717) is 11.1 Å². The fourth-order valence-electron chi connectivity index (χ4n) is 1.99. The molecule has 0 saturated heterocycles. The van der Waals surface area contributed by atoms with Crippen LogP contribution in [0.5, 0.6) is 0 Å². The Balaban J connectivity index is 2.35. The number of carbonyl (C=O) groups is 1. The second kappa shape index (κ2) is 6.01. The number of halogens is 3. The van der Waals surface area contributed by atoms with Gasteiger partial charge in [0, 0.05) is 5.02 Å². The summed E-state index contributed by atoms with van der Waals surface area (Å²) in [6.07, 6.45) is -0.00458. The molecule has 0 heterocycles. The van der Waals surface area contributed by atoms with Gasteiger partial charge in [-0.15, -0.1) is 0 Å². The SMILES string of the molecule is O=C(O)C(Cc1cc(F)ccc1Cl)c1cccc(F)c1. The third kappa shape index (κ3) is 3.33. The second-order valence-corrected chi connectivity index (χ2v) is 4.79. The lowest BCUT2D eigenvalue weighted by Crippen LogP contribution is -2.15. The van der Waals surface area contributed by atoms with Crippen LogP contribution in [-0.4, -0.2) is 11.1 Å². The zero-order chi connectivity index (χ0) is 14.7. The van der Waals surface area contributed by atoms with E-state index in [1.807, 2.05) is 0 Å². The van der Waals surface area contributed by atoms with E-state index in [4.69, 9.17) is 11.6 Å². The van der Waals surface area contributed by atoms with E-state index in [2.05, 4.69) is 0 Å². The third-order valence-electron chi connectivity index (χ3n) is 2.98. The van der Waals surface area contributed by atoms with Gasteiger partial charge in [-0.2, -0.15) is 0 Å². The van der Waals surface area contributed by atoms with Crippen molar-refractivity contribution < 1.29 is 18.7 Å². The molecular weight excluding hydrogens is 286 g/mol. The van der Waals surface area contributed by atoms with E-state index in [9.17, 15) is 18.7 Å². The van der Waals surface area contributed by atoms with E-state index in [1.54, 1.807) is 0 Å². The molecule has 2 nitrogen and oxygen atoms in total. The van der Waals surface area contributed by atoms with Gasteiger partial charge in [0.05, 0.1) is 5.92 Å². The molecule has 0 amide bonds. The Hall–Kier alpha value is -1.94. The maximum atomic E-state index is 13.2. The number of rotatable bonds is 4. The molecular formula is C15H11ClF2O2. The molecule has 0 spiro atoms. The van der Waals surface area contributed by atoms with Crippen molar-refractivity contribution in [3.05, 3.63) is 70.2 Å². The van der Waals surface area contributed by atoms with E-state index in [1.165, 1.54) is 36.4 Å². The largest absolute Gasteiger partial charge is 0.481 e. The quantitative estimate of drug-likeness (QED) is 0.925. The molecule has 104 valence electrons. The topological polar surface area (TPSA) is 37.3 Å². The minimum atomic E-state index is -1.11. The number of benzene rings is 2. The van der Waals surface area contributed by atoms with Crippen molar-refractivity contribution in [3.8, 4) is 0 Å². The van der Waals surface area contributed by atoms with Crippen LogP contribution < -0.4 is 0 Å². The maximum Gasteiger partial charge on any atom is 0.311 e. The van der Waals surface area contributed by atoms with E-state index < -0.39 is 23.5 Å². The molecule has 0 aromatic heterocycles. The predicted molar refractivity (Wildman–Crippen MR) is 71.9 cm³/mol. The molecule has 2 aromatic carbocycles. The van der Waals surface area contributed by atoms with Crippen LogP contribution in [0.4, 0.5) is 8.78 Å². The third-order valence-corrected chi connectivity index (χ3v) is 3.35. The van der Waals surface area contributed by atoms with Crippen LogP contribution in [0.2, 0.25) is 5.02 Å². The van der Waals surface area contributed by atoms with Gasteiger partial charge in [-0.3, -0.25) is 4.79 Å². The van der Waals surface area contributed by atoms with Gasteiger partial charge in [0.15, 0.2) is 0 Å². The number of carboxylic acid groups (broad SMARTS) is 1. The predicted octanol–water partition coefficient (Wildman–Crippen LogP) is 4.03. The first-order chi connectivity index (χ1) is 9.47. The first-order valence-corrected chi connectivity index (χ1v) is 6.27.